The number of carbonyl (C=O) groups is 1. The lowest BCUT2D eigenvalue weighted by molar-refractivity contribution is 0.102. The number of amides is 1. The highest BCUT2D eigenvalue weighted by Crippen LogP contribution is 2.32. The SMILES string of the molecule is COc1ccc(C(=O)Nc2ccc(-c3nc4c(oc5ccc(Br)cc54)c(=O)[nH]3)c(Cl)c2)cn1. The zero-order chi connectivity index (χ0) is 23.1. The maximum atomic E-state index is 12.6. The predicted molar refractivity (Wildman–Crippen MR) is 129 cm³/mol. The Morgan fingerprint density at radius 3 is 2.76 bits per heavy atom. The van der Waals surface area contributed by atoms with E-state index >= 15 is 0 Å². The third-order valence-electron chi connectivity index (χ3n) is 4.98. The molecule has 1 amide bonds. The number of nitrogens with zero attached hydrogens (tertiary/aromatic N) is 2. The van der Waals surface area contributed by atoms with Crippen LogP contribution < -0.4 is 15.6 Å². The molecule has 2 N–H and O–H groups in total. The third-order valence-corrected chi connectivity index (χ3v) is 5.78. The van der Waals surface area contributed by atoms with E-state index in [1.54, 1.807) is 36.4 Å². The van der Waals surface area contributed by atoms with Gasteiger partial charge < -0.3 is 19.5 Å². The van der Waals surface area contributed by atoms with Crippen molar-refractivity contribution in [3.63, 3.8) is 0 Å². The van der Waals surface area contributed by atoms with Crippen LogP contribution in [0.15, 0.2) is 68.4 Å². The molecule has 0 atom stereocenters. The minimum absolute atomic E-state index is 0.139. The molecule has 164 valence electrons. The van der Waals surface area contributed by atoms with E-state index in [4.69, 9.17) is 20.8 Å². The topological polar surface area (TPSA) is 110 Å². The summed E-state index contributed by atoms with van der Waals surface area (Å²) in [6.45, 7) is 0. The van der Waals surface area contributed by atoms with Crippen LogP contribution in [0.2, 0.25) is 5.02 Å². The highest BCUT2D eigenvalue weighted by atomic mass is 79.9. The second kappa shape index (κ2) is 8.34. The number of fused-ring (bicyclic) bond motifs is 3. The Kier molecular flexibility index (Phi) is 5.35. The summed E-state index contributed by atoms with van der Waals surface area (Å²) in [5.41, 5.74) is 2.06. The fourth-order valence-electron chi connectivity index (χ4n) is 3.38. The molecule has 0 aliphatic heterocycles. The van der Waals surface area contributed by atoms with Crippen molar-refractivity contribution in [2.75, 3.05) is 12.4 Å². The highest BCUT2D eigenvalue weighted by Gasteiger charge is 2.16. The van der Waals surface area contributed by atoms with E-state index in [0.29, 0.717) is 44.2 Å². The van der Waals surface area contributed by atoms with Gasteiger partial charge in [0.25, 0.3) is 11.5 Å². The number of nitrogens with one attached hydrogen (secondary N) is 2. The second-order valence-electron chi connectivity index (χ2n) is 7.07. The number of furan rings is 1. The van der Waals surface area contributed by atoms with Gasteiger partial charge in [0.1, 0.15) is 16.9 Å². The Hall–Kier alpha value is -3.69. The molecule has 0 saturated heterocycles. The van der Waals surface area contributed by atoms with Crippen LogP contribution in [0.25, 0.3) is 33.5 Å². The average Bonchev–Trinajstić information content (AvgIpc) is 3.17. The van der Waals surface area contributed by atoms with E-state index in [-0.39, 0.29) is 17.3 Å². The summed E-state index contributed by atoms with van der Waals surface area (Å²) in [5, 5.41) is 3.78. The Bertz CT molecular complexity index is 1590. The van der Waals surface area contributed by atoms with Crippen LogP contribution >= 0.6 is 27.5 Å². The van der Waals surface area contributed by atoms with Crippen LogP contribution in [0.3, 0.4) is 0 Å². The Labute approximate surface area is 199 Å². The molecular formula is C23H14BrClN4O4. The molecule has 0 spiro atoms. The maximum absolute atomic E-state index is 12.6. The summed E-state index contributed by atoms with van der Waals surface area (Å²) < 4.78 is 11.5. The number of H-pyrrole nitrogens is 1. The number of aromatic nitrogens is 3. The fraction of sp³-hybridized carbons (Fsp3) is 0.0435. The van der Waals surface area contributed by atoms with Crippen molar-refractivity contribution >= 4 is 61.2 Å². The molecule has 5 rings (SSSR count). The molecular weight excluding hydrogens is 512 g/mol. The number of halogens is 2. The number of benzene rings is 2. The normalized spacial score (nSPS) is 11.1. The van der Waals surface area contributed by atoms with Crippen molar-refractivity contribution in [3.05, 3.63) is 80.1 Å². The fourth-order valence-corrected chi connectivity index (χ4v) is 4.01. The first-order chi connectivity index (χ1) is 15.9. The lowest BCUT2D eigenvalue weighted by atomic mass is 10.1. The highest BCUT2D eigenvalue weighted by molar-refractivity contribution is 9.10. The van der Waals surface area contributed by atoms with Gasteiger partial charge in [0.05, 0.1) is 17.7 Å². The van der Waals surface area contributed by atoms with Crippen molar-refractivity contribution in [3.8, 4) is 17.3 Å². The summed E-state index contributed by atoms with van der Waals surface area (Å²) in [6.07, 6.45) is 1.42. The van der Waals surface area contributed by atoms with Crippen molar-refractivity contribution in [2.24, 2.45) is 0 Å². The quantitative estimate of drug-likeness (QED) is 0.325. The lowest BCUT2D eigenvalue weighted by Gasteiger charge is -2.09. The zero-order valence-electron chi connectivity index (χ0n) is 17.0. The van der Waals surface area contributed by atoms with Crippen molar-refractivity contribution in [2.45, 2.75) is 0 Å². The number of aromatic amines is 1. The van der Waals surface area contributed by atoms with Gasteiger partial charge in [-0.3, -0.25) is 9.59 Å². The van der Waals surface area contributed by atoms with Gasteiger partial charge in [-0.25, -0.2) is 9.97 Å². The molecule has 3 aromatic heterocycles. The molecule has 3 heterocycles. The standard InChI is InChI=1S/C23H14BrClN4O4/c1-32-18-7-2-11(10-26-18)22(30)27-13-4-5-14(16(25)9-13)21-28-19-15-8-12(24)3-6-17(15)33-20(19)23(31)29-21/h2-10H,1H3,(H,27,30)(H,28,29,31). The first kappa shape index (κ1) is 21.2. The molecule has 0 saturated carbocycles. The summed E-state index contributed by atoms with van der Waals surface area (Å²) >= 11 is 9.91. The van der Waals surface area contributed by atoms with Crippen LogP contribution in [-0.4, -0.2) is 28.0 Å². The van der Waals surface area contributed by atoms with E-state index in [1.807, 2.05) is 12.1 Å². The summed E-state index contributed by atoms with van der Waals surface area (Å²) in [4.78, 5) is 36.5. The minimum atomic E-state index is -0.414. The molecule has 5 aromatic rings. The molecule has 0 radical (unpaired) electrons. The van der Waals surface area contributed by atoms with Crippen molar-refractivity contribution in [1.29, 1.82) is 0 Å². The Morgan fingerprint density at radius 1 is 1.18 bits per heavy atom. The molecule has 0 unspecified atom stereocenters. The monoisotopic (exact) mass is 524 g/mol. The van der Waals surface area contributed by atoms with Gasteiger partial charge in [0.15, 0.2) is 0 Å². The van der Waals surface area contributed by atoms with E-state index < -0.39 is 5.56 Å². The molecule has 0 bridgehead atoms. The Balaban J connectivity index is 1.48. The van der Waals surface area contributed by atoms with Gasteiger partial charge in [0, 0.05) is 33.4 Å². The number of methoxy groups -OCH3 is 1. The lowest BCUT2D eigenvalue weighted by Crippen LogP contribution is -2.12. The van der Waals surface area contributed by atoms with Crippen molar-refractivity contribution in [1.82, 2.24) is 15.0 Å². The number of carbonyl (C=O) groups excluding carboxylic acids is 1. The Morgan fingerprint density at radius 2 is 2.03 bits per heavy atom. The predicted octanol–water partition coefficient (Wildman–Crippen LogP) is 5.41. The molecule has 0 aliphatic carbocycles. The van der Waals surface area contributed by atoms with Gasteiger partial charge in [0.2, 0.25) is 11.5 Å². The average molecular weight is 526 g/mol. The maximum Gasteiger partial charge on any atom is 0.294 e. The summed E-state index contributed by atoms with van der Waals surface area (Å²) in [7, 11) is 1.50. The number of hydrogen-bond donors (Lipinski definition) is 2. The molecule has 33 heavy (non-hydrogen) atoms. The second-order valence-corrected chi connectivity index (χ2v) is 8.40. The molecule has 10 heteroatoms. The first-order valence-electron chi connectivity index (χ1n) is 9.66. The van der Waals surface area contributed by atoms with Crippen LogP contribution in [-0.2, 0) is 0 Å². The van der Waals surface area contributed by atoms with Crippen LogP contribution in [0.1, 0.15) is 10.4 Å². The summed E-state index contributed by atoms with van der Waals surface area (Å²) in [6, 6.07) is 13.6. The smallest absolute Gasteiger partial charge is 0.294 e. The van der Waals surface area contributed by atoms with E-state index in [1.165, 1.54) is 13.3 Å². The molecule has 2 aromatic carbocycles. The van der Waals surface area contributed by atoms with Gasteiger partial charge in [-0.15, -0.1) is 0 Å². The van der Waals surface area contributed by atoms with Gasteiger partial charge >= 0.3 is 0 Å². The minimum Gasteiger partial charge on any atom is -0.481 e. The van der Waals surface area contributed by atoms with Crippen LogP contribution in [0.5, 0.6) is 5.88 Å². The van der Waals surface area contributed by atoms with Gasteiger partial charge in [-0.1, -0.05) is 27.5 Å². The molecule has 8 nitrogen and oxygen atoms in total. The molecule has 0 aliphatic rings. The summed E-state index contributed by atoms with van der Waals surface area (Å²) in [5.74, 6) is 0.352. The first-order valence-corrected chi connectivity index (χ1v) is 10.8. The largest absolute Gasteiger partial charge is 0.481 e. The number of hydrogen-bond acceptors (Lipinski definition) is 6. The van der Waals surface area contributed by atoms with Crippen LogP contribution in [0.4, 0.5) is 5.69 Å². The third kappa shape index (κ3) is 3.96. The van der Waals surface area contributed by atoms with E-state index in [0.717, 1.165) is 4.47 Å². The number of ether oxygens (including phenoxy) is 1. The number of anilines is 1. The van der Waals surface area contributed by atoms with Crippen LogP contribution in [0, 0.1) is 0 Å². The van der Waals surface area contributed by atoms with E-state index in [9.17, 15) is 9.59 Å². The van der Waals surface area contributed by atoms with Gasteiger partial charge in [-0.2, -0.15) is 0 Å². The number of rotatable bonds is 4. The number of pyridine rings is 1. The molecule has 0 fully saturated rings. The van der Waals surface area contributed by atoms with Crippen molar-refractivity contribution < 1.29 is 13.9 Å². The zero-order valence-corrected chi connectivity index (χ0v) is 19.3. The van der Waals surface area contributed by atoms with E-state index in [2.05, 4.69) is 36.2 Å². The van der Waals surface area contributed by atoms with Gasteiger partial charge in [-0.05, 0) is 42.5 Å².